The molecular formula is C18H21FN2O3S. The summed E-state index contributed by atoms with van der Waals surface area (Å²) in [5.74, 6) is -0.563. The SMILES string of the molecule is CCN(CC)C(=O)c1ccc(NS(=O)(=O)c2ccc(F)c(C)c2)cc1. The van der Waals surface area contributed by atoms with Crippen molar-refractivity contribution in [3.8, 4) is 0 Å². The Morgan fingerprint density at radius 1 is 1.08 bits per heavy atom. The van der Waals surface area contributed by atoms with Crippen LogP contribution in [0.3, 0.4) is 0 Å². The second-order valence-corrected chi connectivity index (χ2v) is 7.25. The van der Waals surface area contributed by atoms with Crippen LogP contribution in [0.2, 0.25) is 0 Å². The van der Waals surface area contributed by atoms with E-state index in [0.717, 1.165) is 6.07 Å². The van der Waals surface area contributed by atoms with Gasteiger partial charge in [-0.2, -0.15) is 0 Å². The number of nitrogens with zero attached hydrogens (tertiary/aromatic N) is 1. The quantitative estimate of drug-likeness (QED) is 0.854. The topological polar surface area (TPSA) is 66.5 Å². The van der Waals surface area contributed by atoms with Gasteiger partial charge in [-0.3, -0.25) is 9.52 Å². The summed E-state index contributed by atoms with van der Waals surface area (Å²) < 4.78 is 40.5. The molecule has 0 radical (unpaired) electrons. The molecule has 5 nitrogen and oxygen atoms in total. The summed E-state index contributed by atoms with van der Waals surface area (Å²) in [6.45, 7) is 6.51. The van der Waals surface area contributed by atoms with Crippen LogP contribution in [0.1, 0.15) is 29.8 Å². The molecule has 0 fully saturated rings. The van der Waals surface area contributed by atoms with Crippen LogP contribution >= 0.6 is 0 Å². The number of anilines is 1. The number of benzene rings is 2. The lowest BCUT2D eigenvalue weighted by Crippen LogP contribution is -2.30. The van der Waals surface area contributed by atoms with Gasteiger partial charge in [-0.15, -0.1) is 0 Å². The van der Waals surface area contributed by atoms with Crippen molar-refractivity contribution < 1.29 is 17.6 Å². The van der Waals surface area contributed by atoms with E-state index >= 15 is 0 Å². The molecule has 0 unspecified atom stereocenters. The van der Waals surface area contributed by atoms with Gasteiger partial charge in [-0.25, -0.2) is 12.8 Å². The third-order valence-electron chi connectivity index (χ3n) is 3.87. The smallest absolute Gasteiger partial charge is 0.261 e. The van der Waals surface area contributed by atoms with Crippen molar-refractivity contribution in [2.24, 2.45) is 0 Å². The van der Waals surface area contributed by atoms with Gasteiger partial charge in [0, 0.05) is 24.3 Å². The zero-order valence-corrected chi connectivity index (χ0v) is 15.2. The number of aryl methyl sites for hydroxylation is 1. The van der Waals surface area contributed by atoms with Crippen LogP contribution in [-0.2, 0) is 10.0 Å². The van der Waals surface area contributed by atoms with Gasteiger partial charge in [0.05, 0.1) is 4.90 Å². The summed E-state index contributed by atoms with van der Waals surface area (Å²) in [4.78, 5) is 13.9. The van der Waals surface area contributed by atoms with Crippen molar-refractivity contribution in [3.05, 3.63) is 59.4 Å². The first-order valence-electron chi connectivity index (χ1n) is 7.96. The molecule has 2 aromatic rings. The Labute approximate surface area is 147 Å². The zero-order chi connectivity index (χ0) is 18.6. The molecule has 2 rings (SSSR count). The number of amides is 1. The Morgan fingerprint density at radius 3 is 2.20 bits per heavy atom. The van der Waals surface area contributed by atoms with Crippen LogP contribution in [0.25, 0.3) is 0 Å². The van der Waals surface area contributed by atoms with Gasteiger partial charge in [0.15, 0.2) is 0 Å². The zero-order valence-electron chi connectivity index (χ0n) is 14.4. The molecule has 0 aliphatic rings. The summed E-state index contributed by atoms with van der Waals surface area (Å²) in [5, 5.41) is 0. The minimum absolute atomic E-state index is 0.0188. The lowest BCUT2D eigenvalue weighted by molar-refractivity contribution is 0.0773. The number of carbonyl (C=O) groups excluding carboxylic acids is 1. The van der Waals surface area contributed by atoms with E-state index < -0.39 is 15.8 Å². The van der Waals surface area contributed by atoms with Crippen molar-refractivity contribution in [1.82, 2.24) is 4.90 Å². The molecule has 0 aliphatic carbocycles. The summed E-state index contributed by atoms with van der Waals surface area (Å²) >= 11 is 0. The van der Waals surface area contributed by atoms with Crippen molar-refractivity contribution in [2.75, 3.05) is 17.8 Å². The normalized spacial score (nSPS) is 11.2. The van der Waals surface area contributed by atoms with E-state index in [1.807, 2.05) is 13.8 Å². The lowest BCUT2D eigenvalue weighted by Gasteiger charge is -2.18. The van der Waals surface area contributed by atoms with Crippen molar-refractivity contribution in [2.45, 2.75) is 25.7 Å². The Hall–Kier alpha value is -2.41. The number of sulfonamides is 1. The highest BCUT2D eigenvalue weighted by Crippen LogP contribution is 2.19. The largest absolute Gasteiger partial charge is 0.339 e. The predicted molar refractivity (Wildman–Crippen MR) is 95.6 cm³/mol. The van der Waals surface area contributed by atoms with Gasteiger partial charge in [-0.1, -0.05) is 0 Å². The van der Waals surface area contributed by atoms with Gasteiger partial charge in [0.25, 0.3) is 15.9 Å². The molecule has 1 amide bonds. The third kappa shape index (κ3) is 4.36. The summed E-state index contributed by atoms with van der Waals surface area (Å²) in [5.41, 5.74) is 1.07. The van der Waals surface area contributed by atoms with Gasteiger partial charge >= 0.3 is 0 Å². The molecule has 0 heterocycles. The van der Waals surface area contributed by atoms with Crippen LogP contribution in [-0.4, -0.2) is 32.3 Å². The van der Waals surface area contributed by atoms with Gasteiger partial charge in [0.1, 0.15) is 5.82 Å². The monoisotopic (exact) mass is 364 g/mol. The van der Waals surface area contributed by atoms with E-state index in [9.17, 15) is 17.6 Å². The number of hydrogen-bond donors (Lipinski definition) is 1. The minimum Gasteiger partial charge on any atom is -0.339 e. The Balaban J connectivity index is 2.20. The van der Waals surface area contributed by atoms with Gasteiger partial charge < -0.3 is 4.90 Å². The van der Waals surface area contributed by atoms with E-state index in [1.165, 1.54) is 31.2 Å². The Kier molecular flexibility index (Phi) is 5.79. The van der Waals surface area contributed by atoms with E-state index in [-0.39, 0.29) is 16.4 Å². The number of nitrogens with one attached hydrogen (secondary N) is 1. The molecule has 25 heavy (non-hydrogen) atoms. The maximum Gasteiger partial charge on any atom is 0.261 e. The van der Waals surface area contributed by atoms with Crippen molar-refractivity contribution in [1.29, 1.82) is 0 Å². The van der Waals surface area contributed by atoms with E-state index in [1.54, 1.807) is 17.0 Å². The highest BCUT2D eigenvalue weighted by atomic mass is 32.2. The minimum atomic E-state index is -3.82. The van der Waals surface area contributed by atoms with Gasteiger partial charge in [0.2, 0.25) is 0 Å². The highest BCUT2D eigenvalue weighted by Gasteiger charge is 2.16. The molecule has 0 aromatic heterocycles. The summed E-state index contributed by atoms with van der Waals surface area (Å²) in [6.07, 6.45) is 0. The molecule has 0 saturated carbocycles. The Bertz CT molecular complexity index is 860. The first kappa shape index (κ1) is 18.9. The molecular weight excluding hydrogens is 343 g/mol. The van der Waals surface area contributed by atoms with Crippen molar-refractivity contribution >= 4 is 21.6 Å². The first-order chi connectivity index (χ1) is 11.8. The lowest BCUT2D eigenvalue weighted by atomic mass is 10.2. The molecule has 0 atom stereocenters. The third-order valence-corrected chi connectivity index (χ3v) is 5.25. The Morgan fingerprint density at radius 2 is 1.68 bits per heavy atom. The molecule has 0 aliphatic heterocycles. The standard InChI is InChI=1S/C18H21FN2O3S/c1-4-21(5-2)18(22)14-6-8-15(9-7-14)20-25(23,24)16-10-11-17(19)13(3)12-16/h6-12,20H,4-5H2,1-3H3. The molecule has 0 spiro atoms. The summed E-state index contributed by atoms with van der Waals surface area (Å²) in [6, 6.07) is 9.83. The maximum absolute atomic E-state index is 13.3. The summed E-state index contributed by atoms with van der Waals surface area (Å²) in [7, 11) is -3.82. The number of halogens is 1. The average Bonchev–Trinajstić information content (AvgIpc) is 2.58. The van der Waals surface area contributed by atoms with Crippen LogP contribution < -0.4 is 4.72 Å². The van der Waals surface area contributed by atoms with Gasteiger partial charge in [-0.05, 0) is 68.8 Å². The fraction of sp³-hybridized carbons (Fsp3) is 0.278. The van der Waals surface area contributed by atoms with E-state index in [2.05, 4.69) is 4.72 Å². The average molecular weight is 364 g/mol. The number of carbonyl (C=O) groups is 1. The van der Waals surface area contributed by atoms with E-state index in [0.29, 0.717) is 24.3 Å². The molecule has 7 heteroatoms. The van der Waals surface area contributed by atoms with Crippen LogP contribution in [0.15, 0.2) is 47.4 Å². The number of rotatable bonds is 6. The highest BCUT2D eigenvalue weighted by molar-refractivity contribution is 7.92. The van der Waals surface area contributed by atoms with Crippen LogP contribution in [0.5, 0.6) is 0 Å². The second-order valence-electron chi connectivity index (χ2n) is 5.57. The predicted octanol–water partition coefficient (Wildman–Crippen LogP) is 3.42. The fourth-order valence-corrected chi connectivity index (χ4v) is 3.52. The van der Waals surface area contributed by atoms with E-state index in [4.69, 9.17) is 0 Å². The molecule has 0 saturated heterocycles. The second kappa shape index (κ2) is 7.65. The number of hydrogen-bond acceptors (Lipinski definition) is 3. The molecule has 2 aromatic carbocycles. The van der Waals surface area contributed by atoms with Crippen LogP contribution in [0, 0.1) is 12.7 Å². The molecule has 134 valence electrons. The maximum atomic E-state index is 13.3. The van der Waals surface area contributed by atoms with Crippen LogP contribution in [0.4, 0.5) is 10.1 Å². The van der Waals surface area contributed by atoms with Crippen molar-refractivity contribution in [3.63, 3.8) is 0 Å². The fourth-order valence-electron chi connectivity index (χ4n) is 2.37. The first-order valence-corrected chi connectivity index (χ1v) is 9.45. The molecule has 1 N–H and O–H groups in total. The molecule has 0 bridgehead atoms.